The minimum atomic E-state index is 0.142. The van der Waals surface area contributed by atoms with Crippen molar-refractivity contribution in [2.45, 2.75) is 19.9 Å². The zero-order valence-corrected chi connectivity index (χ0v) is 12.4. The molecule has 0 saturated carbocycles. The summed E-state index contributed by atoms with van der Waals surface area (Å²) >= 11 is 3.50. The van der Waals surface area contributed by atoms with E-state index in [2.05, 4.69) is 42.2 Å². The number of hydrogen-bond acceptors (Lipinski definition) is 3. The molecule has 0 aliphatic carbocycles. The second-order valence-corrected chi connectivity index (χ2v) is 5.44. The Labute approximate surface area is 113 Å². The van der Waals surface area contributed by atoms with Crippen LogP contribution in [0.5, 0.6) is 0 Å². The molecule has 0 saturated heterocycles. The van der Waals surface area contributed by atoms with Crippen LogP contribution < -0.4 is 0 Å². The molecule has 1 aromatic rings. The fraction of sp³-hybridized carbons (Fsp3) is 0.357. The number of rotatable bonds is 5. The highest BCUT2D eigenvalue weighted by atomic mass is 32.2. The Kier molecular flexibility index (Phi) is 6.45. The molecule has 0 N–H and O–H groups in total. The maximum Gasteiger partial charge on any atom is 0.106 e. The Hall–Kier alpha value is -0.670. The molecule has 0 aliphatic heterocycles. The number of aliphatic imine (C=N–C) groups is 1. The van der Waals surface area contributed by atoms with E-state index in [1.165, 1.54) is 10.5 Å². The van der Waals surface area contributed by atoms with E-state index in [0.717, 1.165) is 5.71 Å². The van der Waals surface area contributed by atoms with Gasteiger partial charge in [-0.05, 0) is 37.3 Å². The largest absolute Gasteiger partial charge is 0.281 e. The second kappa shape index (κ2) is 7.62. The fourth-order valence-corrected chi connectivity index (χ4v) is 2.98. The molecular weight excluding hydrogens is 246 g/mol. The number of benzene rings is 1. The van der Waals surface area contributed by atoms with Crippen molar-refractivity contribution in [1.29, 1.82) is 0 Å². The summed E-state index contributed by atoms with van der Waals surface area (Å²) in [6.45, 7) is 4.10. The van der Waals surface area contributed by atoms with Gasteiger partial charge in [0.1, 0.15) is 6.04 Å². The molecule has 1 unspecified atom stereocenters. The van der Waals surface area contributed by atoms with E-state index in [4.69, 9.17) is 4.99 Å². The third kappa shape index (κ3) is 4.60. The monoisotopic (exact) mass is 265 g/mol. The van der Waals surface area contributed by atoms with E-state index < -0.39 is 0 Å². The molecular formula is C14H19NS2. The standard InChI is InChI=1S/C14H19NS2/c1-11(2)15-14(13(17-4)10-16-3)12-8-6-5-7-9-12/h5-10,14H,1-4H3/b13-10-. The quantitative estimate of drug-likeness (QED) is 0.711. The summed E-state index contributed by atoms with van der Waals surface area (Å²) in [6, 6.07) is 10.6. The van der Waals surface area contributed by atoms with E-state index >= 15 is 0 Å². The Morgan fingerprint density at radius 3 is 2.29 bits per heavy atom. The molecule has 1 aromatic carbocycles. The highest BCUT2D eigenvalue weighted by molar-refractivity contribution is 8.05. The fourth-order valence-electron chi connectivity index (χ4n) is 1.54. The molecule has 1 atom stereocenters. The van der Waals surface area contributed by atoms with Crippen molar-refractivity contribution >= 4 is 29.2 Å². The van der Waals surface area contributed by atoms with Crippen LogP contribution in [0.25, 0.3) is 0 Å². The summed E-state index contributed by atoms with van der Waals surface area (Å²) in [5.74, 6) is 0. The minimum Gasteiger partial charge on any atom is -0.281 e. The lowest BCUT2D eigenvalue weighted by molar-refractivity contribution is 0.897. The van der Waals surface area contributed by atoms with Crippen molar-refractivity contribution in [2.75, 3.05) is 12.5 Å². The molecule has 0 fully saturated rings. The van der Waals surface area contributed by atoms with Gasteiger partial charge in [-0.15, -0.1) is 23.5 Å². The van der Waals surface area contributed by atoms with Crippen LogP contribution in [0.1, 0.15) is 25.5 Å². The molecule has 17 heavy (non-hydrogen) atoms. The van der Waals surface area contributed by atoms with Gasteiger partial charge in [0.15, 0.2) is 0 Å². The summed E-state index contributed by atoms with van der Waals surface area (Å²) < 4.78 is 0. The summed E-state index contributed by atoms with van der Waals surface area (Å²) in [5, 5.41) is 2.19. The average Bonchev–Trinajstić information content (AvgIpc) is 2.34. The van der Waals surface area contributed by atoms with E-state index in [0.29, 0.717) is 0 Å². The van der Waals surface area contributed by atoms with Gasteiger partial charge in [0.25, 0.3) is 0 Å². The second-order valence-electron chi connectivity index (χ2n) is 3.85. The highest BCUT2D eigenvalue weighted by Crippen LogP contribution is 2.34. The van der Waals surface area contributed by atoms with Crippen molar-refractivity contribution in [3.63, 3.8) is 0 Å². The van der Waals surface area contributed by atoms with Gasteiger partial charge in [0.05, 0.1) is 0 Å². The third-order valence-corrected chi connectivity index (χ3v) is 3.69. The predicted octanol–water partition coefficient (Wildman–Crippen LogP) is 4.78. The first-order valence-electron chi connectivity index (χ1n) is 5.51. The molecule has 3 heteroatoms. The highest BCUT2D eigenvalue weighted by Gasteiger charge is 2.14. The van der Waals surface area contributed by atoms with Crippen LogP contribution >= 0.6 is 23.5 Å². The number of nitrogens with zero attached hydrogens (tertiary/aromatic N) is 1. The van der Waals surface area contributed by atoms with Crippen LogP contribution in [0.2, 0.25) is 0 Å². The molecule has 0 radical (unpaired) electrons. The van der Waals surface area contributed by atoms with E-state index in [1.807, 2.05) is 19.9 Å². The van der Waals surface area contributed by atoms with Crippen molar-refractivity contribution in [2.24, 2.45) is 4.99 Å². The first-order chi connectivity index (χ1) is 8.19. The van der Waals surface area contributed by atoms with Crippen LogP contribution in [0.3, 0.4) is 0 Å². The van der Waals surface area contributed by atoms with Crippen molar-refractivity contribution in [3.8, 4) is 0 Å². The van der Waals surface area contributed by atoms with E-state index in [9.17, 15) is 0 Å². The first-order valence-corrected chi connectivity index (χ1v) is 8.03. The van der Waals surface area contributed by atoms with Crippen LogP contribution in [0.4, 0.5) is 0 Å². The molecule has 0 aromatic heterocycles. The van der Waals surface area contributed by atoms with Gasteiger partial charge in [-0.1, -0.05) is 30.3 Å². The van der Waals surface area contributed by atoms with Crippen molar-refractivity contribution < 1.29 is 0 Å². The molecule has 0 amide bonds. The Morgan fingerprint density at radius 2 is 1.82 bits per heavy atom. The lowest BCUT2D eigenvalue weighted by atomic mass is 10.1. The Bertz CT molecular complexity index is 392. The van der Waals surface area contributed by atoms with Gasteiger partial charge in [-0.3, -0.25) is 4.99 Å². The zero-order valence-electron chi connectivity index (χ0n) is 10.8. The topological polar surface area (TPSA) is 12.4 Å². The molecule has 1 nitrogen and oxygen atoms in total. The zero-order chi connectivity index (χ0) is 12.7. The van der Waals surface area contributed by atoms with Crippen LogP contribution in [0, 0.1) is 0 Å². The van der Waals surface area contributed by atoms with E-state index in [1.54, 1.807) is 23.5 Å². The molecule has 0 bridgehead atoms. The van der Waals surface area contributed by atoms with Crippen LogP contribution in [-0.4, -0.2) is 18.2 Å². The van der Waals surface area contributed by atoms with Gasteiger partial charge in [0.2, 0.25) is 0 Å². The third-order valence-electron chi connectivity index (χ3n) is 2.24. The van der Waals surface area contributed by atoms with Gasteiger partial charge < -0.3 is 0 Å². The molecule has 92 valence electrons. The maximum atomic E-state index is 4.75. The van der Waals surface area contributed by atoms with Gasteiger partial charge in [-0.2, -0.15) is 0 Å². The Morgan fingerprint density at radius 1 is 1.18 bits per heavy atom. The molecule has 1 rings (SSSR count). The van der Waals surface area contributed by atoms with Crippen molar-refractivity contribution in [3.05, 3.63) is 46.2 Å². The average molecular weight is 265 g/mol. The number of hydrogen-bond donors (Lipinski definition) is 0. The lowest BCUT2D eigenvalue weighted by Gasteiger charge is -2.16. The van der Waals surface area contributed by atoms with E-state index in [-0.39, 0.29) is 6.04 Å². The maximum absolute atomic E-state index is 4.75. The van der Waals surface area contributed by atoms with Gasteiger partial charge >= 0.3 is 0 Å². The first kappa shape index (κ1) is 14.4. The summed E-state index contributed by atoms with van der Waals surface area (Å²) in [7, 11) is 0. The minimum absolute atomic E-state index is 0.142. The van der Waals surface area contributed by atoms with Crippen molar-refractivity contribution in [1.82, 2.24) is 0 Å². The van der Waals surface area contributed by atoms with Crippen LogP contribution in [-0.2, 0) is 0 Å². The Balaban J connectivity index is 3.12. The van der Waals surface area contributed by atoms with Gasteiger partial charge in [-0.25, -0.2) is 0 Å². The summed E-state index contributed by atoms with van der Waals surface area (Å²) in [4.78, 5) is 6.05. The normalized spacial score (nSPS) is 13.3. The van der Waals surface area contributed by atoms with Gasteiger partial charge in [0, 0.05) is 10.6 Å². The molecule has 0 heterocycles. The number of thioether (sulfide) groups is 2. The van der Waals surface area contributed by atoms with Crippen LogP contribution in [0.15, 0.2) is 45.6 Å². The molecule has 0 spiro atoms. The summed E-state index contributed by atoms with van der Waals surface area (Å²) in [6.07, 6.45) is 4.19. The predicted molar refractivity (Wildman–Crippen MR) is 83.1 cm³/mol. The smallest absolute Gasteiger partial charge is 0.106 e. The summed E-state index contributed by atoms with van der Waals surface area (Å²) in [5.41, 5.74) is 2.36. The lowest BCUT2D eigenvalue weighted by Crippen LogP contribution is -1.99. The molecule has 0 aliphatic rings. The SMILES string of the molecule is CS/C=C(\SC)C(N=C(C)C)c1ccccc1.